The number of methoxy groups -OCH3 is 1. The van der Waals surface area contributed by atoms with Crippen molar-refractivity contribution in [3.05, 3.63) is 32.1 Å². The minimum Gasteiger partial charge on any atom is -0.469 e. The van der Waals surface area contributed by atoms with Crippen LogP contribution in [0.5, 0.6) is 0 Å². The van der Waals surface area contributed by atoms with Crippen LogP contribution in [0, 0.1) is 17.2 Å². The molecule has 0 saturated carbocycles. The van der Waals surface area contributed by atoms with E-state index in [1.807, 2.05) is 6.07 Å². The van der Waals surface area contributed by atoms with Gasteiger partial charge in [0.25, 0.3) is 5.56 Å². The standard InChI is InChI=1S/C17H20N4O5/c1-26-16(24)11-4-7-19(8-5-11)14(22)10-21-15(23)12(9-18)13-3-2-6-20(13)17(21)25/h11H,2-8,10H2,1H3. The molecule has 0 bridgehead atoms. The fraction of sp³-hybridized carbons (Fsp3) is 0.588. The van der Waals surface area contributed by atoms with Gasteiger partial charge in [-0.3, -0.25) is 19.0 Å². The van der Waals surface area contributed by atoms with Crippen molar-refractivity contribution >= 4 is 11.9 Å². The molecule has 1 saturated heterocycles. The van der Waals surface area contributed by atoms with E-state index in [-0.39, 0.29) is 23.4 Å². The van der Waals surface area contributed by atoms with Gasteiger partial charge < -0.3 is 9.64 Å². The topological polar surface area (TPSA) is 114 Å². The van der Waals surface area contributed by atoms with Crippen molar-refractivity contribution in [2.75, 3.05) is 20.2 Å². The van der Waals surface area contributed by atoms with Gasteiger partial charge in [-0.05, 0) is 25.7 Å². The second-order valence-corrected chi connectivity index (χ2v) is 6.54. The second-order valence-electron chi connectivity index (χ2n) is 6.54. The summed E-state index contributed by atoms with van der Waals surface area (Å²) in [7, 11) is 1.33. The van der Waals surface area contributed by atoms with E-state index < -0.39 is 17.8 Å². The number of ether oxygens (including phenoxy) is 1. The molecule has 9 heteroatoms. The highest BCUT2D eigenvalue weighted by molar-refractivity contribution is 5.77. The summed E-state index contributed by atoms with van der Waals surface area (Å²) < 4.78 is 6.98. The van der Waals surface area contributed by atoms with E-state index in [0.717, 1.165) is 4.57 Å². The largest absolute Gasteiger partial charge is 0.469 e. The normalized spacial score (nSPS) is 16.8. The molecular formula is C17H20N4O5. The number of nitrogens with zero attached hydrogens (tertiary/aromatic N) is 4. The molecule has 9 nitrogen and oxygen atoms in total. The summed E-state index contributed by atoms with van der Waals surface area (Å²) in [5.74, 6) is -0.888. The van der Waals surface area contributed by atoms with Gasteiger partial charge in [0.2, 0.25) is 5.91 Å². The van der Waals surface area contributed by atoms with E-state index in [0.29, 0.717) is 51.0 Å². The zero-order chi connectivity index (χ0) is 18.8. The van der Waals surface area contributed by atoms with Crippen LogP contribution in [0.25, 0.3) is 0 Å². The van der Waals surface area contributed by atoms with Gasteiger partial charge in [-0.1, -0.05) is 0 Å². The third-order valence-electron chi connectivity index (χ3n) is 5.12. The Morgan fingerprint density at radius 3 is 2.54 bits per heavy atom. The Balaban J connectivity index is 1.79. The number of carbonyl (C=O) groups excluding carboxylic acids is 2. The lowest BCUT2D eigenvalue weighted by Gasteiger charge is -2.30. The van der Waals surface area contributed by atoms with Gasteiger partial charge in [0, 0.05) is 25.3 Å². The molecule has 26 heavy (non-hydrogen) atoms. The predicted molar refractivity (Wildman–Crippen MR) is 89.3 cm³/mol. The smallest absolute Gasteiger partial charge is 0.331 e. The molecule has 1 amide bonds. The predicted octanol–water partition coefficient (Wildman–Crippen LogP) is -0.761. The summed E-state index contributed by atoms with van der Waals surface area (Å²) in [6.07, 6.45) is 2.19. The van der Waals surface area contributed by atoms with Crippen molar-refractivity contribution in [2.24, 2.45) is 5.92 Å². The molecule has 0 spiro atoms. The Morgan fingerprint density at radius 2 is 1.92 bits per heavy atom. The van der Waals surface area contributed by atoms with Crippen molar-refractivity contribution in [2.45, 2.75) is 38.8 Å². The fourth-order valence-electron chi connectivity index (χ4n) is 3.65. The quantitative estimate of drug-likeness (QED) is 0.655. The maximum absolute atomic E-state index is 12.5. The molecule has 2 aliphatic rings. The van der Waals surface area contributed by atoms with Gasteiger partial charge in [-0.15, -0.1) is 0 Å². The zero-order valence-corrected chi connectivity index (χ0v) is 14.6. The van der Waals surface area contributed by atoms with Crippen LogP contribution in [0.3, 0.4) is 0 Å². The summed E-state index contributed by atoms with van der Waals surface area (Å²) in [6, 6.07) is 1.87. The maximum atomic E-state index is 12.5. The molecule has 3 heterocycles. The summed E-state index contributed by atoms with van der Waals surface area (Å²) in [6.45, 7) is 0.785. The summed E-state index contributed by atoms with van der Waals surface area (Å²) >= 11 is 0. The molecule has 0 atom stereocenters. The maximum Gasteiger partial charge on any atom is 0.331 e. The number of piperidine rings is 1. The van der Waals surface area contributed by atoms with Crippen LogP contribution in [-0.4, -0.2) is 46.1 Å². The first-order valence-corrected chi connectivity index (χ1v) is 8.60. The highest BCUT2D eigenvalue weighted by atomic mass is 16.5. The van der Waals surface area contributed by atoms with Crippen molar-refractivity contribution in [3.63, 3.8) is 0 Å². The number of nitriles is 1. The lowest BCUT2D eigenvalue weighted by molar-refractivity contribution is -0.149. The van der Waals surface area contributed by atoms with Gasteiger partial charge in [-0.2, -0.15) is 5.26 Å². The molecule has 0 radical (unpaired) electrons. The number of rotatable bonds is 3. The Kier molecular flexibility index (Phi) is 4.93. The van der Waals surface area contributed by atoms with E-state index in [9.17, 15) is 24.4 Å². The molecule has 1 fully saturated rings. The van der Waals surface area contributed by atoms with Crippen molar-refractivity contribution in [3.8, 4) is 6.07 Å². The molecule has 1 aromatic rings. The third-order valence-corrected chi connectivity index (χ3v) is 5.12. The third kappa shape index (κ3) is 3.03. The van der Waals surface area contributed by atoms with Crippen LogP contribution in [0.15, 0.2) is 9.59 Å². The minimum absolute atomic E-state index is 0.0562. The second kappa shape index (κ2) is 7.15. The average molecular weight is 360 g/mol. The first kappa shape index (κ1) is 17.9. The lowest BCUT2D eigenvalue weighted by atomic mass is 9.97. The number of hydrogen-bond acceptors (Lipinski definition) is 6. The SMILES string of the molecule is COC(=O)C1CCN(C(=O)Cn2c(=O)c(C#N)c3n(c2=O)CCC3)CC1. The Morgan fingerprint density at radius 1 is 1.23 bits per heavy atom. The molecule has 0 aromatic carbocycles. The zero-order valence-electron chi connectivity index (χ0n) is 14.6. The van der Waals surface area contributed by atoms with Crippen LogP contribution in [-0.2, 0) is 33.8 Å². The number of fused-ring (bicyclic) bond motifs is 1. The molecule has 3 rings (SSSR count). The highest BCUT2D eigenvalue weighted by Gasteiger charge is 2.29. The Labute approximate surface area is 149 Å². The number of esters is 1. The highest BCUT2D eigenvalue weighted by Crippen LogP contribution is 2.19. The van der Waals surface area contributed by atoms with Gasteiger partial charge >= 0.3 is 11.7 Å². The summed E-state index contributed by atoms with van der Waals surface area (Å²) in [5.41, 5.74) is -0.841. The fourth-order valence-corrected chi connectivity index (χ4v) is 3.65. The van der Waals surface area contributed by atoms with Crippen LogP contribution in [0.1, 0.15) is 30.5 Å². The average Bonchev–Trinajstić information content (AvgIpc) is 3.14. The number of carbonyl (C=O) groups is 2. The monoisotopic (exact) mass is 360 g/mol. The van der Waals surface area contributed by atoms with Gasteiger partial charge in [-0.25, -0.2) is 9.36 Å². The van der Waals surface area contributed by atoms with E-state index in [4.69, 9.17) is 4.74 Å². The number of hydrogen-bond donors (Lipinski definition) is 0. The van der Waals surface area contributed by atoms with Crippen molar-refractivity contribution in [1.82, 2.24) is 14.0 Å². The molecule has 0 aliphatic carbocycles. The van der Waals surface area contributed by atoms with E-state index >= 15 is 0 Å². The number of likely N-dealkylation sites (tertiary alicyclic amines) is 1. The van der Waals surface area contributed by atoms with E-state index in [1.54, 1.807) is 0 Å². The van der Waals surface area contributed by atoms with Gasteiger partial charge in [0.05, 0.1) is 13.0 Å². The van der Waals surface area contributed by atoms with E-state index in [1.165, 1.54) is 16.6 Å². The molecule has 138 valence electrons. The van der Waals surface area contributed by atoms with Crippen molar-refractivity contribution < 1.29 is 14.3 Å². The van der Waals surface area contributed by atoms with E-state index in [2.05, 4.69) is 0 Å². The summed E-state index contributed by atoms with van der Waals surface area (Å²) in [5, 5.41) is 9.27. The van der Waals surface area contributed by atoms with Crippen LogP contribution in [0.4, 0.5) is 0 Å². The molecule has 0 N–H and O–H groups in total. The molecule has 2 aliphatic heterocycles. The summed E-state index contributed by atoms with van der Waals surface area (Å²) in [4.78, 5) is 50.6. The number of aromatic nitrogens is 2. The van der Waals surface area contributed by atoms with Crippen LogP contribution < -0.4 is 11.2 Å². The van der Waals surface area contributed by atoms with Gasteiger partial charge in [0.1, 0.15) is 18.2 Å². The Bertz CT molecular complexity index is 899. The van der Waals surface area contributed by atoms with Crippen LogP contribution >= 0.6 is 0 Å². The Hall–Kier alpha value is -2.89. The molecule has 0 unspecified atom stereocenters. The first-order valence-electron chi connectivity index (χ1n) is 8.60. The lowest BCUT2D eigenvalue weighted by Crippen LogP contribution is -2.48. The number of amides is 1. The molecule has 1 aromatic heterocycles. The van der Waals surface area contributed by atoms with Crippen LogP contribution in [0.2, 0.25) is 0 Å². The molecular weight excluding hydrogens is 340 g/mol. The minimum atomic E-state index is -0.705. The first-order chi connectivity index (χ1) is 12.5. The van der Waals surface area contributed by atoms with Gasteiger partial charge in [0.15, 0.2) is 0 Å². The van der Waals surface area contributed by atoms with Crippen molar-refractivity contribution in [1.29, 1.82) is 5.26 Å².